The fourth-order valence-electron chi connectivity index (χ4n) is 1.12. The summed E-state index contributed by atoms with van der Waals surface area (Å²) in [6.45, 7) is 2.48. The van der Waals surface area contributed by atoms with Gasteiger partial charge in [-0.1, -0.05) is 6.07 Å². The van der Waals surface area contributed by atoms with Crippen LogP contribution in [-0.2, 0) is 4.74 Å². The van der Waals surface area contributed by atoms with Gasteiger partial charge in [0.15, 0.2) is 5.75 Å². The highest BCUT2D eigenvalue weighted by molar-refractivity contribution is 9.10. The molecule has 1 rings (SSSR count). The molecule has 0 amide bonds. The van der Waals surface area contributed by atoms with Crippen LogP contribution in [0.25, 0.3) is 0 Å². The number of nitrogen functional groups attached to an aromatic ring is 1. The molecule has 0 aromatic heterocycles. The van der Waals surface area contributed by atoms with Gasteiger partial charge in [-0.05, 0) is 35.0 Å². The van der Waals surface area contributed by atoms with Crippen LogP contribution in [0.15, 0.2) is 22.7 Å². The van der Waals surface area contributed by atoms with Crippen molar-refractivity contribution in [1.29, 1.82) is 0 Å². The normalized spacial score (nSPS) is 12.5. The molecule has 1 unspecified atom stereocenters. The van der Waals surface area contributed by atoms with Crippen molar-refractivity contribution in [2.45, 2.75) is 13.0 Å². The predicted molar refractivity (Wildman–Crippen MR) is 60.5 cm³/mol. The van der Waals surface area contributed by atoms with E-state index in [1.807, 2.05) is 19.1 Å². The summed E-state index contributed by atoms with van der Waals surface area (Å²) in [6.07, 6.45) is -0.0130. The van der Waals surface area contributed by atoms with Gasteiger partial charge in [-0.15, -0.1) is 0 Å². The Bertz CT molecular complexity index is 284. The van der Waals surface area contributed by atoms with E-state index in [0.29, 0.717) is 18.0 Å². The van der Waals surface area contributed by atoms with Crippen molar-refractivity contribution in [2.24, 2.45) is 0 Å². The van der Waals surface area contributed by atoms with Gasteiger partial charge < -0.3 is 15.2 Å². The van der Waals surface area contributed by atoms with Crippen molar-refractivity contribution in [1.82, 2.24) is 0 Å². The fraction of sp³-hybridized carbons (Fsp3) is 0.400. The first-order chi connectivity index (χ1) is 6.65. The Kier molecular flexibility index (Phi) is 4.22. The first-order valence-corrected chi connectivity index (χ1v) is 5.14. The predicted octanol–water partition coefficient (Wildman–Crippen LogP) is 2.45. The van der Waals surface area contributed by atoms with Crippen molar-refractivity contribution in [3.05, 3.63) is 22.7 Å². The van der Waals surface area contributed by atoms with Crippen LogP contribution in [-0.4, -0.2) is 19.8 Å². The van der Waals surface area contributed by atoms with Crippen LogP contribution in [0, 0.1) is 0 Å². The molecule has 14 heavy (non-hydrogen) atoms. The van der Waals surface area contributed by atoms with E-state index in [4.69, 9.17) is 15.2 Å². The monoisotopic (exact) mass is 259 g/mol. The third kappa shape index (κ3) is 2.89. The Hall–Kier alpha value is -0.740. The molecule has 0 aliphatic rings. The van der Waals surface area contributed by atoms with Crippen molar-refractivity contribution in [3.63, 3.8) is 0 Å². The molecule has 0 saturated heterocycles. The second-order valence-corrected chi connectivity index (χ2v) is 3.90. The van der Waals surface area contributed by atoms with Gasteiger partial charge in [0.25, 0.3) is 0 Å². The van der Waals surface area contributed by atoms with Crippen LogP contribution in [0.2, 0.25) is 0 Å². The zero-order valence-electron chi connectivity index (χ0n) is 8.29. The summed E-state index contributed by atoms with van der Waals surface area (Å²) in [5, 5.41) is 0. The van der Waals surface area contributed by atoms with Crippen molar-refractivity contribution < 1.29 is 9.47 Å². The Balaban J connectivity index is 2.75. The summed E-state index contributed by atoms with van der Waals surface area (Å²) in [5.41, 5.74) is 6.40. The van der Waals surface area contributed by atoms with Gasteiger partial charge in [-0.25, -0.2) is 0 Å². The maximum Gasteiger partial charge on any atom is 0.156 e. The number of benzene rings is 1. The number of para-hydroxylation sites is 1. The first-order valence-electron chi connectivity index (χ1n) is 4.34. The number of ether oxygens (including phenoxy) is 2. The lowest BCUT2D eigenvalue weighted by atomic mass is 10.3. The van der Waals surface area contributed by atoms with Crippen molar-refractivity contribution in [2.75, 3.05) is 19.5 Å². The Morgan fingerprint density at radius 2 is 2.21 bits per heavy atom. The Morgan fingerprint density at radius 1 is 1.50 bits per heavy atom. The molecule has 0 radical (unpaired) electrons. The quantitative estimate of drug-likeness (QED) is 0.845. The van der Waals surface area contributed by atoms with E-state index in [-0.39, 0.29) is 6.10 Å². The molecular formula is C10H14BrNO2. The lowest BCUT2D eigenvalue weighted by Crippen LogP contribution is -2.18. The van der Waals surface area contributed by atoms with E-state index in [0.717, 1.165) is 4.47 Å². The largest absolute Gasteiger partial charge is 0.485 e. The number of halogens is 1. The lowest BCUT2D eigenvalue weighted by molar-refractivity contribution is 0.0921. The molecule has 78 valence electrons. The summed E-state index contributed by atoms with van der Waals surface area (Å²) >= 11 is 3.38. The Morgan fingerprint density at radius 3 is 2.79 bits per heavy atom. The van der Waals surface area contributed by atoms with E-state index < -0.39 is 0 Å². The third-order valence-corrected chi connectivity index (χ3v) is 2.34. The Labute approximate surface area is 92.3 Å². The zero-order valence-corrected chi connectivity index (χ0v) is 9.87. The lowest BCUT2D eigenvalue weighted by Gasteiger charge is -2.16. The summed E-state index contributed by atoms with van der Waals surface area (Å²) in [7, 11) is 1.64. The summed E-state index contributed by atoms with van der Waals surface area (Å²) in [5.74, 6) is 0.678. The van der Waals surface area contributed by atoms with Gasteiger partial charge in [0.2, 0.25) is 0 Å². The van der Waals surface area contributed by atoms with Gasteiger partial charge in [0.1, 0.15) is 6.10 Å². The van der Waals surface area contributed by atoms with Gasteiger partial charge >= 0.3 is 0 Å². The fourth-order valence-corrected chi connectivity index (χ4v) is 1.59. The minimum absolute atomic E-state index is 0.0130. The van der Waals surface area contributed by atoms with E-state index in [1.165, 1.54) is 0 Å². The molecule has 0 bridgehead atoms. The number of anilines is 1. The van der Waals surface area contributed by atoms with Crippen LogP contribution < -0.4 is 10.5 Å². The second-order valence-electron chi connectivity index (χ2n) is 3.04. The van der Waals surface area contributed by atoms with Gasteiger partial charge in [-0.2, -0.15) is 0 Å². The van der Waals surface area contributed by atoms with E-state index in [1.54, 1.807) is 13.2 Å². The maximum atomic E-state index is 5.77. The molecule has 1 aromatic carbocycles. The maximum absolute atomic E-state index is 5.77. The molecular weight excluding hydrogens is 246 g/mol. The van der Waals surface area contributed by atoms with E-state index >= 15 is 0 Å². The minimum Gasteiger partial charge on any atom is -0.485 e. The highest BCUT2D eigenvalue weighted by Gasteiger charge is 2.09. The molecule has 4 heteroatoms. The second kappa shape index (κ2) is 5.22. The van der Waals surface area contributed by atoms with Crippen LogP contribution in [0.3, 0.4) is 0 Å². The average molecular weight is 260 g/mol. The van der Waals surface area contributed by atoms with Gasteiger partial charge in [-0.3, -0.25) is 0 Å². The third-order valence-electron chi connectivity index (χ3n) is 1.72. The highest BCUT2D eigenvalue weighted by Crippen LogP contribution is 2.31. The zero-order chi connectivity index (χ0) is 10.6. The first kappa shape index (κ1) is 11.3. The molecule has 2 N–H and O–H groups in total. The molecule has 0 heterocycles. The molecule has 0 fully saturated rings. The van der Waals surface area contributed by atoms with Crippen LogP contribution in [0.5, 0.6) is 5.75 Å². The SMILES string of the molecule is COCC(C)Oc1c(N)cccc1Br. The molecule has 0 aliphatic carbocycles. The topological polar surface area (TPSA) is 44.5 Å². The van der Waals surface area contributed by atoms with Gasteiger partial charge in [0.05, 0.1) is 16.8 Å². The highest BCUT2D eigenvalue weighted by atomic mass is 79.9. The summed E-state index contributed by atoms with van der Waals surface area (Å²) < 4.78 is 11.5. The molecule has 1 aromatic rings. The molecule has 3 nitrogen and oxygen atoms in total. The number of rotatable bonds is 4. The van der Waals surface area contributed by atoms with Crippen molar-refractivity contribution in [3.8, 4) is 5.75 Å². The van der Waals surface area contributed by atoms with Crippen LogP contribution >= 0.6 is 15.9 Å². The standard InChI is InChI=1S/C10H14BrNO2/c1-7(6-13-2)14-10-8(11)4-3-5-9(10)12/h3-5,7H,6,12H2,1-2H3. The van der Waals surface area contributed by atoms with Gasteiger partial charge in [0, 0.05) is 7.11 Å². The average Bonchev–Trinajstić information content (AvgIpc) is 2.12. The smallest absolute Gasteiger partial charge is 0.156 e. The van der Waals surface area contributed by atoms with E-state index in [2.05, 4.69) is 15.9 Å². The molecule has 0 spiro atoms. The molecule has 1 atom stereocenters. The number of hydrogen-bond donors (Lipinski definition) is 1. The number of nitrogens with two attached hydrogens (primary N) is 1. The van der Waals surface area contributed by atoms with E-state index in [9.17, 15) is 0 Å². The number of hydrogen-bond acceptors (Lipinski definition) is 3. The molecule has 0 saturated carbocycles. The van der Waals surface area contributed by atoms with Crippen LogP contribution in [0.4, 0.5) is 5.69 Å². The molecule has 0 aliphatic heterocycles. The van der Waals surface area contributed by atoms with Crippen molar-refractivity contribution >= 4 is 21.6 Å². The number of methoxy groups -OCH3 is 1. The minimum atomic E-state index is -0.0130. The van der Waals surface area contributed by atoms with Crippen LogP contribution in [0.1, 0.15) is 6.92 Å². The summed E-state index contributed by atoms with van der Waals surface area (Å²) in [4.78, 5) is 0. The summed E-state index contributed by atoms with van der Waals surface area (Å²) in [6, 6.07) is 5.57.